The largest absolute Gasteiger partial charge is 0.294 e. The molecule has 1 rings (SSSR count). The summed E-state index contributed by atoms with van der Waals surface area (Å²) in [6.45, 7) is 1.55. The van der Waals surface area contributed by atoms with Crippen molar-refractivity contribution in [3.8, 4) is 0 Å². The molecule has 0 radical (unpaired) electrons. The third-order valence-corrected chi connectivity index (χ3v) is 2.49. The predicted octanol–water partition coefficient (Wildman–Crippen LogP) is 3.41. The van der Waals surface area contributed by atoms with Crippen LogP contribution in [0.3, 0.4) is 0 Å². The minimum atomic E-state index is 0.0678. The zero-order valence-electron chi connectivity index (χ0n) is 5.90. The summed E-state index contributed by atoms with van der Waals surface area (Å²) < 4.78 is 1.76. The van der Waals surface area contributed by atoms with Crippen LogP contribution in [0.25, 0.3) is 0 Å². The molecule has 0 unspecified atom stereocenters. The van der Waals surface area contributed by atoms with Crippen LogP contribution in [-0.2, 0) is 0 Å². The summed E-state index contributed by atoms with van der Waals surface area (Å²) in [4.78, 5) is 11.0. The Kier molecular flexibility index (Phi) is 2.84. The molecule has 58 valence electrons. The first kappa shape index (κ1) is 8.94. The van der Waals surface area contributed by atoms with Gasteiger partial charge in [-0.1, -0.05) is 31.9 Å². The number of benzene rings is 1. The molecule has 0 aromatic heterocycles. The number of carbonyl (C=O) groups excluding carboxylic acids is 1. The number of halogens is 2. The van der Waals surface area contributed by atoms with Gasteiger partial charge in [0.1, 0.15) is 0 Å². The molecular weight excluding hydrogens is 272 g/mol. The molecule has 0 aliphatic heterocycles. The lowest BCUT2D eigenvalue weighted by Crippen LogP contribution is -1.92. The van der Waals surface area contributed by atoms with E-state index in [1.165, 1.54) is 0 Å². The molecule has 0 heterocycles. The summed E-state index contributed by atoms with van der Waals surface area (Å²) in [7, 11) is 0. The highest BCUT2D eigenvalue weighted by atomic mass is 79.9. The van der Waals surface area contributed by atoms with E-state index in [4.69, 9.17) is 0 Å². The van der Waals surface area contributed by atoms with Gasteiger partial charge >= 0.3 is 0 Å². The van der Waals surface area contributed by atoms with E-state index in [0.717, 1.165) is 8.95 Å². The summed E-state index contributed by atoms with van der Waals surface area (Å²) >= 11 is 6.58. The molecule has 0 N–H and O–H groups in total. The minimum Gasteiger partial charge on any atom is -0.294 e. The lowest BCUT2D eigenvalue weighted by Gasteiger charge is -1.99. The van der Waals surface area contributed by atoms with Crippen molar-refractivity contribution in [2.45, 2.75) is 6.92 Å². The first-order valence-electron chi connectivity index (χ1n) is 3.07. The van der Waals surface area contributed by atoms with Gasteiger partial charge in [-0.25, -0.2) is 0 Å². The van der Waals surface area contributed by atoms with Crippen molar-refractivity contribution in [2.75, 3.05) is 0 Å². The highest BCUT2D eigenvalue weighted by molar-refractivity contribution is 9.11. The SMILES string of the molecule is CC(=O)c1cc(Br)ccc1Br. The van der Waals surface area contributed by atoms with Gasteiger partial charge in [-0.2, -0.15) is 0 Å². The number of ketones is 1. The second kappa shape index (κ2) is 3.50. The smallest absolute Gasteiger partial charge is 0.160 e. The highest BCUT2D eigenvalue weighted by Crippen LogP contribution is 2.21. The third-order valence-electron chi connectivity index (χ3n) is 1.31. The van der Waals surface area contributed by atoms with Crippen molar-refractivity contribution >= 4 is 37.6 Å². The standard InChI is InChI=1S/C8H6Br2O/c1-5(11)7-4-6(9)2-3-8(7)10/h2-4H,1H3. The van der Waals surface area contributed by atoms with Crippen LogP contribution in [0.15, 0.2) is 27.1 Å². The molecule has 1 aromatic carbocycles. The fourth-order valence-electron chi connectivity index (χ4n) is 0.767. The normalized spacial score (nSPS) is 9.73. The second-order valence-electron chi connectivity index (χ2n) is 2.18. The average Bonchev–Trinajstić information content (AvgIpc) is 1.94. The molecular formula is C8H6Br2O. The van der Waals surface area contributed by atoms with Crippen molar-refractivity contribution in [2.24, 2.45) is 0 Å². The molecule has 0 aliphatic rings. The van der Waals surface area contributed by atoms with Gasteiger partial charge in [-0.15, -0.1) is 0 Å². The first-order chi connectivity index (χ1) is 5.11. The topological polar surface area (TPSA) is 17.1 Å². The van der Waals surface area contributed by atoms with Crippen LogP contribution in [0.5, 0.6) is 0 Å². The quantitative estimate of drug-likeness (QED) is 0.719. The number of Topliss-reactive ketones (excluding diaryl/α,β-unsaturated/α-hetero) is 1. The number of carbonyl (C=O) groups is 1. The van der Waals surface area contributed by atoms with E-state index in [0.29, 0.717) is 5.56 Å². The molecule has 0 amide bonds. The molecule has 3 heteroatoms. The molecule has 1 nitrogen and oxygen atoms in total. The zero-order valence-corrected chi connectivity index (χ0v) is 9.07. The molecule has 0 spiro atoms. The maximum atomic E-state index is 11.0. The van der Waals surface area contributed by atoms with Crippen LogP contribution >= 0.6 is 31.9 Å². The Balaban J connectivity index is 3.23. The van der Waals surface area contributed by atoms with Crippen molar-refractivity contribution < 1.29 is 4.79 Å². The summed E-state index contributed by atoms with van der Waals surface area (Å²) in [5.74, 6) is 0.0678. The molecule has 1 aromatic rings. The van der Waals surface area contributed by atoms with Crippen molar-refractivity contribution in [1.29, 1.82) is 0 Å². The Morgan fingerprint density at radius 3 is 2.45 bits per heavy atom. The van der Waals surface area contributed by atoms with Gasteiger partial charge in [0.05, 0.1) is 0 Å². The van der Waals surface area contributed by atoms with E-state index in [9.17, 15) is 4.79 Å². The fourth-order valence-corrected chi connectivity index (χ4v) is 1.65. The van der Waals surface area contributed by atoms with Crippen LogP contribution in [0, 0.1) is 0 Å². The maximum Gasteiger partial charge on any atom is 0.160 e. The van der Waals surface area contributed by atoms with Crippen LogP contribution in [-0.4, -0.2) is 5.78 Å². The van der Waals surface area contributed by atoms with E-state index >= 15 is 0 Å². The fraction of sp³-hybridized carbons (Fsp3) is 0.125. The zero-order chi connectivity index (χ0) is 8.43. The first-order valence-corrected chi connectivity index (χ1v) is 4.66. The van der Waals surface area contributed by atoms with E-state index in [1.54, 1.807) is 13.0 Å². The number of hydrogen-bond acceptors (Lipinski definition) is 1. The molecule has 0 saturated heterocycles. The Hall–Kier alpha value is -0.150. The molecule has 0 aliphatic carbocycles. The molecule has 0 saturated carbocycles. The van der Waals surface area contributed by atoms with Crippen molar-refractivity contribution in [3.63, 3.8) is 0 Å². The van der Waals surface area contributed by atoms with Gasteiger partial charge in [0.25, 0.3) is 0 Å². The van der Waals surface area contributed by atoms with Gasteiger partial charge in [-0.05, 0) is 25.1 Å². The summed E-state index contributed by atoms with van der Waals surface area (Å²) in [5.41, 5.74) is 0.708. The summed E-state index contributed by atoms with van der Waals surface area (Å²) in [5, 5.41) is 0. The Morgan fingerprint density at radius 1 is 1.36 bits per heavy atom. The van der Waals surface area contributed by atoms with Crippen molar-refractivity contribution in [1.82, 2.24) is 0 Å². The molecule has 0 bridgehead atoms. The third kappa shape index (κ3) is 2.14. The maximum absolute atomic E-state index is 11.0. The van der Waals surface area contributed by atoms with E-state index < -0.39 is 0 Å². The van der Waals surface area contributed by atoms with E-state index in [1.807, 2.05) is 12.1 Å². The average molecular weight is 278 g/mol. The molecule has 0 fully saturated rings. The highest BCUT2D eigenvalue weighted by Gasteiger charge is 2.04. The van der Waals surface area contributed by atoms with Gasteiger partial charge in [0, 0.05) is 14.5 Å². The lowest BCUT2D eigenvalue weighted by atomic mass is 10.2. The van der Waals surface area contributed by atoms with Crippen LogP contribution in [0.2, 0.25) is 0 Å². The van der Waals surface area contributed by atoms with Gasteiger partial charge in [-0.3, -0.25) is 4.79 Å². The molecule has 0 atom stereocenters. The molecule has 11 heavy (non-hydrogen) atoms. The Bertz CT molecular complexity index is 294. The van der Waals surface area contributed by atoms with E-state index in [2.05, 4.69) is 31.9 Å². The van der Waals surface area contributed by atoms with Crippen molar-refractivity contribution in [3.05, 3.63) is 32.7 Å². The minimum absolute atomic E-state index is 0.0678. The number of hydrogen-bond donors (Lipinski definition) is 0. The second-order valence-corrected chi connectivity index (χ2v) is 3.95. The summed E-state index contributed by atoms with van der Waals surface area (Å²) in [6.07, 6.45) is 0. The monoisotopic (exact) mass is 276 g/mol. The van der Waals surface area contributed by atoms with Gasteiger partial charge in [0.15, 0.2) is 5.78 Å². The van der Waals surface area contributed by atoms with E-state index in [-0.39, 0.29) is 5.78 Å². The predicted molar refractivity (Wildman–Crippen MR) is 51.8 cm³/mol. The van der Waals surface area contributed by atoms with Crippen LogP contribution in [0.1, 0.15) is 17.3 Å². The van der Waals surface area contributed by atoms with Crippen LogP contribution in [0.4, 0.5) is 0 Å². The Morgan fingerprint density at radius 2 is 2.00 bits per heavy atom. The Labute approximate surface area is 82.1 Å². The van der Waals surface area contributed by atoms with Crippen LogP contribution < -0.4 is 0 Å². The van der Waals surface area contributed by atoms with Gasteiger partial charge < -0.3 is 0 Å². The summed E-state index contributed by atoms with van der Waals surface area (Å²) in [6, 6.07) is 5.53. The number of rotatable bonds is 1. The lowest BCUT2D eigenvalue weighted by molar-refractivity contribution is 0.101. The van der Waals surface area contributed by atoms with Gasteiger partial charge in [0.2, 0.25) is 0 Å².